The molecule has 2 aromatic carbocycles. The topological polar surface area (TPSA) is 71.3 Å². The van der Waals surface area contributed by atoms with Gasteiger partial charge in [0.1, 0.15) is 5.82 Å². The number of nitrogens with zero attached hydrogens (tertiary/aromatic N) is 3. The predicted molar refractivity (Wildman–Crippen MR) is 94.7 cm³/mol. The van der Waals surface area contributed by atoms with Crippen LogP contribution in [0.4, 0.5) is 9.18 Å². The molecule has 134 valence electrons. The molecule has 2 amide bonds. The van der Waals surface area contributed by atoms with Crippen LogP contribution in [0.25, 0.3) is 11.5 Å². The normalized spacial score (nSPS) is 10.5. The highest BCUT2D eigenvalue weighted by Gasteiger charge is 2.12. The summed E-state index contributed by atoms with van der Waals surface area (Å²) in [6.07, 6.45) is 0.458. The fraction of sp³-hybridized carbons (Fsp3) is 0.211. The van der Waals surface area contributed by atoms with Crippen LogP contribution in [0, 0.1) is 5.82 Å². The first-order valence-electron chi connectivity index (χ1n) is 8.23. The molecule has 0 aliphatic carbocycles. The zero-order valence-corrected chi connectivity index (χ0v) is 14.4. The first-order valence-corrected chi connectivity index (χ1v) is 8.23. The minimum atomic E-state index is -0.323. The SMILES string of the molecule is CN(CCc1noc(-c2ccc(F)cc2)n1)C(=O)NCc1ccccc1. The van der Waals surface area contributed by atoms with Crippen molar-refractivity contribution < 1.29 is 13.7 Å². The Morgan fingerprint density at radius 1 is 1.15 bits per heavy atom. The van der Waals surface area contributed by atoms with Gasteiger partial charge in [-0.25, -0.2) is 9.18 Å². The molecule has 0 saturated heterocycles. The smallest absolute Gasteiger partial charge is 0.317 e. The molecule has 0 bridgehead atoms. The number of amides is 2. The summed E-state index contributed by atoms with van der Waals surface area (Å²) in [5, 5.41) is 6.76. The summed E-state index contributed by atoms with van der Waals surface area (Å²) in [5.41, 5.74) is 1.69. The molecule has 1 N–H and O–H groups in total. The molecule has 0 radical (unpaired) electrons. The van der Waals surface area contributed by atoms with E-state index in [0.29, 0.717) is 36.8 Å². The Morgan fingerprint density at radius 3 is 2.62 bits per heavy atom. The van der Waals surface area contributed by atoms with E-state index < -0.39 is 0 Å². The van der Waals surface area contributed by atoms with Crippen LogP contribution in [0.2, 0.25) is 0 Å². The maximum Gasteiger partial charge on any atom is 0.317 e. The van der Waals surface area contributed by atoms with E-state index in [0.717, 1.165) is 5.56 Å². The molecule has 3 rings (SSSR count). The number of nitrogens with one attached hydrogen (secondary N) is 1. The van der Waals surface area contributed by atoms with E-state index in [1.165, 1.54) is 12.1 Å². The zero-order chi connectivity index (χ0) is 18.4. The van der Waals surface area contributed by atoms with Crippen LogP contribution < -0.4 is 5.32 Å². The van der Waals surface area contributed by atoms with Crippen molar-refractivity contribution in [2.45, 2.75) is 13.0 Å². The lowest BCUT2D eigenvalue weighted by atomic mass is 10.2. The van der Waals surface area contributed by atoms with Gasteiger partial charge in [0.2, 0.25) is 0 Å². The van der Waals surface area contributed by atoms with Crippen LogP contribution in [0.5, 0.6) is 0 Å². The van der Waals surface area contributed by atoms with Gasteiger partial charge in [0, 0.05) is 32.1 Å². The highest BCUT2D eigenvalue weighted by molar-refractivity contribution is 5.73. The van der Waals surface area contributed by atoms with Crippen LogP contribution in [0.15, 0.2) is 59.1 Å². The lowest BCUT2D eigenvalue weighted by Gasteiger charge is -2.17. The first-order chi connectivity index (χ1) is 12.6. The third-order valence-corrected chi connectivity index (χ3v) is 3.86. The lowest BCUT2D eigenvalue weighted by molar-refractivity contribution is 0.208. The number of aromatic nitrogens is 2. The molecule has 6 nitrogen and oxygen atoms in total. The average molecular weight is 354 g/mol. The molecular weight excluding hydrogens is 335 g/mol. The van der Waals surface area contributed by atoms with E-state index in [1.807, 2.05) is 30.3 Å². The van der Waals surface area contributed by atoms with Crippen molar-refractivity contribution in [3.05, 3.63) is 71.8 Å². The monoisotopic (exact) mass is 354 g/mol. The number of rotatable bonds is 6. The minimum absolute atomic E-state index is 0.170. The van der Waals surface area contributed by atoms with E-state index in [4.69, 9.17) is 4.52 Å². The second-order valence-electron chi connectivity index (χ2n) is 5.84. The molecule has 0 aliphatic rings. The third-order valence-electron chi connectivity index (χ3n) is 3.86. The Labute approximate surface area is 150 Å². The molecule has 26 heavy (non-hydrogen) atoms. The van der Waals surface area contributed by atoms with Crippen molar-refractivity contribution in [1.29, 1.82) is 0 Å². The maximum atomic E-state index is 13.0. The Kier molecular flexibility index (Phi) is 5.58. The molecule has 7 heteroatoms. The second kappa shape index (κ2) is 8.24. The quantitative estimate of drug-likeness (QED) is 0.738. The van der Waals surface area contributed by atoms with Crippen LogP contribution in [-0.4, -0.2) is 34.7 Å². The standard InChI is InChI=1S/C19H19FN4O2/c1-24(19(25)21-13-14-5-3-2-4-6-14)12-11-17-22-18(26-23-17)15-7-9-16(20)10-8-15/h2-10H,11-13H2,1H3,(H,21,25). The number of carbonyl (C=O) groups excluding carboxylic acids is 1. The Hall–Kier alpha value is -3.22. The van der Waals surface area contributed by atoms with Gasteiger partial charge in [0.05, 0.1) is 0 Å². The molecule has 0 saturated carbocycles. The van der Waals surface area contributed by atoms with Gasteiger partial charge in [0.15, 0.2) is 5.82 Å². The summed E-state index contributed by atoms with van der Waals surface area (Å²) in [5.74, 6) is 0.500. The van der Waals surface area contributed by atoms with Crippen molar-refractivity contribution in [3.8, 4) is 11.5 Å². The lowest BCUT2D eigenvalue weighted by Crippen LogP contribution is -2.38. The van der Waals surface area contributed by atoms with E-state index in [9.17, 15) is 9.18 Å². The van der Waals surface area contributed by atoms with Gasteiger partial charge in [-0.15, -0.1) is 0 Å². The molecule has 0 aliphatic heterocycles. The maximum absolute atomic E-state index is 13.0. The summed E-state index contributed by atoms with van der Waals surface area (Å²) in [7, 11) is 1.71. The van der Waals surface area contributed by atoms with Gasteiger partial charge in [-0.1, -0.05) is 35.5 Å². The van der Waals surface area contributed by atoms with E-state index >= 15 is 0 Å². The van der Waals surface area contributed by atoms with Crippen LogP contribution in [-0.2, 0) is 13.0 Å². The number of benzene rings is 2. The minimum Gasteiger partial charge on any atom is -0.334 e. The molecule has 0 atom stereocenters. The predicted octanol–water partition coefficient (Wildman–Crippen LogP) is 3.26. The van der Waals surface area contributed by atoms with Crippen molar-refractivity contribution in [3.63, 3.8) is 0 Å². The Morgan fingerprint density at radius 2 is 1.88 bits per heavy atom. The average Bonchev–Trinajstić information content (AvgIpc) is 3.14. The van der Waals surface area contributed by atoms with Gasteiger partial charge in [-0.2, -0.15) is 4.98 Å². The van der Waals surface area contributed by atoms with Gasteiger partial charge < -0.3 is 14.7 Å². The molecule has 3 aromatic rings. The second-order valence-corrected chi connectivity index (χ2v) is 5.84. The van der Waals surface area contributed by atoms with E-state index in [1.54, 1.807) is 24.1 Å². The van der Waals surface area contributed by atoms with Crippen molar-refractivity contribution in [2.75, 3.05) is 13.6 Å². The molecule has 1 heterocycles. The van der Waals surface area contributed by atoms with Crippen LogP contribution in [0.1, 0.15) is 11.4 Å². The van der Waals surface area contributed by atoms with Gasteiger partial charge in [-0.05, 0) is 29.8 Å². The summed E-state index contributed by atoms with van der Waals surface area (Å²) in [6.45, 7) is 0.921. The highest BCUT2D eigenvalue weighted by atomic mass is 19.1. The highest BCUT2D eigenvalue weighted by Crippen LogP contribution is 2.17. The Bertz CT molecular complexity index is 849. The van der Waals surface area contributed by atoms with Gasteiger partial charge >= 0.3 is 6.03 Å². The van der Waals surface area contributed by atoms with Crippen molar-refractivity contribution >= 4 is 6.03 Å². The number of hydrogen-bond donors (Lipinski definition) is 1. The first kappa shape index (κ1) is 17.6. The van der Waals surface area contributed by atoms with E-state index in [-0.39, 0.29) is 11.8 Å². The molecule has 0 fully saturated rings. The van der Waals surface area contributed by atoms with Crippen LogP contribution >= 0.6 is 0 Å². The van der Waals surface area contributed by atoms with Crippen LogP contribution in [0.3, 0.4) is 0 Å². The summed E-state index contributed by atoms with van der Waals surface area (Å²) in [4.78, 5) is 18.0. The van der Waals surface area contributed by atoms with E-state index in [2.05, 4.69) is 15.5 Å². The molecule has 0 unspecified atom stereocenters. The number of urea groups is 1. The number of carbonyl (C=O) groups is 1. The number of halogens is 1. The largest absolute Gasteiger partial charge is 0.334 e. The third kappa shape index (κ3) is 4.66. The summed E-state index contributed by atoms with van der Waals surface area (Å²) in [6, 6.07) is 15.4. The number of likely N-dealkylation sites (N-methyl/N-ethyl adjacent to an activating group) is 1. The fourth-order valence-electron chi connectivity index (χ4n) is 2.34. The van der Waals surface area contributed by atoms with Gasteiger partial charge in [0.25, 0.3) is 5.89 Å². The number of hydrogen-bond acceptors (Lipinski definition) is 4. The summed E-state index contributed by atoms with van der Waals surface area (Å²) >= 11 is 0. The summed E-state index contributed by atoms with van der Waals surface area (Å²) < 4.78 is 18.1. The molecule has 0 spiro atoms. The fourth-order valence-corrected chi connectivity index (χ4v) is 2.34. The molecular formula is C19H19FN4O2. The van der Waals surface area contributed by atoms with Gasteiger partial charge in [-0.3, -0.25) is 0 Å². The zero-order valence-electron chi connectivity index (χ0n) is 14.4. The van der Waals surface area contributed by atoms with Crippen molar-refractivity contribution in [2.24, 2.45) is 0 Å². The van der Waals surface area contributed by atoms with Crippen molar-refractivity contribution in [1.82, 2.24) is 20.4 Å². The molecule has 1 aromatic heterocycles. The Balaban J connectivity index is 1.49.